The third kappa shape index (κ3) is 3.48. The molecule has 1 heterocycles. The van der Waals surface area contributed by atoms with Gasteiger partial charge in [-0.25, -0.2) is 0 Å². The first-order valence-corrected chi connectivity index (χ1v) is 8.05. The molecule has 2 aromatic rings. The van der Waals surface area contributed by atoms with Crippen LogP contribution in [0.25, 0.3) is 11.1 Å². The number of carboxylic acids is 1. The van der Waals surface area contributed by atoms with Gasteiger partial charge in [-0.3, -0.25) is 0 Å². The fourth-order valence-corrected chi connectivity index (χ4v) is 3.07. The van der Waals surface area contributed by atoms with E-state index in [0.717, 1.165) is 11.1 Å². The van der Waals surface area contributed by atoms with Crippen LogP contribution in [0.1, 0.15) is 11.1 Å². The van der Waals surface area contributed by atoms with Gasteiger partial charge in [0.15, 0.2) is 6.04 Å². The molecular formula is C19H21NO4. The zero-order chi connectivity index (χ0) is 17.1. The number of benzene rings is 2. The molecule has 1 fully saturated rings. The molecular weight excluding hydrogens is 306 g/mol. The largest absolute Gasteiger partial charge is 0.544 e. The van der Waals surface area contributed by atoms with E-state index in [-0.39, 0.29) is 0 Å². The van der Waals surface area contributed by atoms with Crippen LogP contribution in [0.3, 0.4) is 0 Å². The van der Waals surface area contributed by atoms with Gasteiger partial charge in [0, 0.05) is 0 Å². The van der Waals surface area contributed by atoms with E-state index in [1.54, 1.807) is 5.32 Å². The fraction of sp³-hybridized carbons (Fsp3) is 0.316. The van der Waals surface area contributed by atoms with Gasteiger partial charge in [-0.1, -0.05) is 48.5 Å². The number of hydrogen-bond donors (Lipinski definition) is 2. The van der Waals surface area contributed by atoms with Crippen molar-refractivity contribution >= 4 is 5.97 Å². The lowest BCUT2D eigenvalue weighted by Crippen LogP contribution is -2.91. The Morgan fingerprint density at radius 1 is 1.25 bits per heavy atom. The van der Waals surface area contributed by atoms with Crippen molar-refractivity contribution in [3.8, 4) is 11.1 Å². The van der Waals surface area contributed by atoms with Crippen molar-refractivity contribution < 1.29 is 25.1 Å². The average Bonchev–Trinajstić information content (AvgIpc) is 2.95. The zero-order valence-corrected chi connectivity index (χ0v) is 13.5. The minimum atomic E-state index is -1.25. The lowest BCUT2D eigenvalue weighted by molar-refractivity contribution is -0.669. The molecule has 2 aromatic carbocycles. The average molecular weight is 327 g/mol. The van der Waals surface area contributed by atoms with Gasteiger partial charge < -0.3 is 25.1 Å². The molecule has 0 aromatic heterocycles. The van der Waals surface area contributed by atoms with E-state index < -0.39 is 24.2 Å². The van der Waals surface area contributed by atoms with Crippen LogP contribution >= 0.6 is 0 Å². The molecule has 0 radical (unpaired) electrons. The zero-order valence-electron chi connectivity index (χ0n) is 13.5. The SMILES string of the molecule is Cc1ccccc1-c1ccc(CO[C@@H]2C[NH2+][C@H](C(=O)[O-])[C@H]2O)cc1. The molecule has 5 heteroatoms. The molecule has 5 nitrogen and oxygen atoms in total. The first-order valence-electron chi connectivity index (χ1n) is 8.05. The molecule has 0 saturated carbocycles. The molecule has 3 N–H and O–H groups in total. The lowest BCUT2D eigenvalue weighted by atomic mass is 10.00. The summed E-state index contributed by atoms with van der Waals surface area (Å²) in [6.07, 6.45) is -1.54. The lowest BCUT2D eigenvalue weighted by Gasteiger charge is -2.16. The van der Waals surface area contributed by atoms with Crippen LogP contribution in [0.2, 0.25) is 0 Å². The molecule has 126 valence electrons. The highest BCUT2D eigenvalue weighted by Gasteiger charge is 2.40. The highest BCUT2D eigenvalue weighted by Crippen LogP contribution is 2.23. The van der Waals surface area contributed by atoms with Gasteiger partial charge in [0.1, 0.15) is 24.7 Å². The molecule has 0 unspecified atom stereocenters. The molecule has 0 aliphatic carbocycles. The summed E-state index contributed by atoms with van der Waals surface area (Å²) >= 11 is 0. The van der Waals surface area contributed by atoms with Gasteiger partial charge in [-0.15, -0.1) is 0 Å². The Bertz CT molecular complexity index is 714. The molecule has 0 amide bonds. The molecule has 0 bridgehead atoms. The Kier molecular flexibility index (Phi) is 4.94. The first kappa shape index (κ1) is 16.6. The van der Waals surface area contributed by atoms with Crippen LogP contribution in [0.4, 0.5) is 0 Å². The second-order valence-corrected chi connectivity index (χ2v) is 6.17. The number of aryl methyl sites for hydroxylation is 1. The Morgan fingerprint density at radius 3 is 2.58 bits per heavy atom. The van der Waals surface area contributed by atoms with E-state index in [1.807, 2.05) is 36.4 Å². The quantitative estimate of drug-likeness (QED) is 0.783. The van der Waals surface area contributed by atoms with Gasteiger partial charge in [-0.2, -0.15) is 0 Å². The van der Waals surface area contributed by atoms with Crippen molar-refractivity contribution in [2.24, 2.45) is 0 Å². The number of aliphatic carboxylic acids is 1. The number of hydrogen-bond acceptors (Lipinski definition) is 4. The fourth-order valence-electron chi connectivity index (χ4n) is 3.07. The van der Waals surface area contributed by atoms with Crippen molar-refractivity contribution in [3.05, 3.63) is 59.7 Å². The highest BCUT2D eigenvalue weighted by molar-refractivity contribution is 5.70. The predicted octanol–water partition coefficient (Wildman–Crippen LogP) is -0.396. The molecule has 1 aliphatic heterocycles. The minimum absolute atomic E-state index is 0.337. The van der Waals surface area contributed by atoms with E-state index in [1.165, 1.54) is 11.1 Å². The summed E-state index contributed by atoms with van der Waals surface area (Å²) in [4.78, 5) is 10.9. The van der Waals surface area contributed by atoms with Crippen molar-refractivity contribution in [1.82, 2.24) is 0 Å². The standard InChI is InChI=1S/C19H21NO4/c1-12-4-2-3-5-15(12)14-8-6-13(7-9-14)11-24-16-10-20-17(18(16)21)19(22)23/h2-9,16-18,20-21H,10-11H2,1H3,(H,22,23)/t16-,17+,18+/m1/s1. The summed E-state index contributed by atoms with van der Waals surface area (Å²) in [6, 6.07) is 15.3. The normalized spacial score (nSPS) is 23.3. The van der Waals surface area contributed by atoms with E-state index in [0.29, 0.717) is 13.2 Å². The van der Waals surface area contributed by atoms with Gasteiger partial charge in [0.25, 0.3) is 0 Å². The molecule has 1 aliphatic rings. The Hall–Kier alpha value is -2.21. The Balaban J connectivity index is 1.61. The van der Waals surface area contributed by atoms with Crippen LogP contribution in [0.15, 0.2) is 48.5 Å². The van der Waals surface area contributed by atoms with Crippen LogP contribution in [0.5, 0.6) is 0 Å². The van der Waals surface area contributed by atoms with Gasteiger partial charge >= 0.3 is 0 Å². The van der Waals surface area contributed by atoms with E-state index in [2.05, 4.69) is 19.1 Å². The predicted molar refractivity (Wildman–Crippen MR) is 86.8 cm³/mol. The summed E-state index contributed by atoms with van der Waals surface area (Å²) in [6.45, 7) is 2.84. The molecule has 3 atom stereocenters. The maximum atomic E-state index is 10.9. The van der Waals surface area contributed by atoms with Crippen molar-refractivity contribution in [2.45, 2.75) is 31.8 Å². The summed E-state index contributed by atoms with van der Waals surface area (Å²) in [5.74, 6) is -1.25. The minimum Gasteiger partial charge on any atom is -0.544 e. The second-order valence-electron chi connectivity index (χ2n) is 6.17. The Labute approximate surface area is 140 Å². The summed E-state index contributed by atoms with van der Waals surface area (Å²) in [5, 5.41) is 22.4. The first-order chi connectivity index (χ1) is 11.6. The third-order valence-electron chi connectivity index (χ3n) is 4.52. The summed E-state index contributed by atoms with van der Waals surface area (Å²) in [7, 11) is 0. The topological polar surface area (TPSA) is 86.2 Å². The van der Waals surface area contributed by atoms with Gasteiger partial charge in [-0.05, 0) is 29.2 Å². The van der Waals surface area contributed by atoms with Gasteiger partial charge in [0.05, 0.1) is 6.61 Å². The smallest absolute Gasteiger partial charge is 0.155 e. The van der Waals surface area contributed by atoms with Crippen LogP contribution in [-0.2, 0) is 16.1 Å². The maximum Gasteiger partial charge on any atom is 0.155 e. The molecule has 1 saturated heterocycles. The van der Waals surface area contributed by atoms with Gasteiger partial charge in [0.2, 0.25) is 0 Å². The number of nitrogens with two attached hydrogens (primary N) is 1. The van der Waals surface area contributed by atoms with Crippen LogP contribution in [0, 0.1) is 6.92 Å². The number of carboxylic acid groups (broad SMARTS) is 1. The number of quaternary nitrogens is 1. The number of aliphatic hydroxyl groups excluding tert-OH is 1. The van der Waals surface area contributed by atoms with Crippen LogP contribution in [-0.4, -0.2) is 35.9 Å². The van der Waals surface area contributed by atoms with E-state index in [9.17, 15) is 15.0 Å². The van der Waals surface area contributed by atoms with E-state index in [4.69, 9.17) is 4.74 Å². The number of aliphatic hydroxyl groups is 1. The van der Waals surface area contributed by atoms with Crippen molar-refractivity contribution in [1.29, 1.82) is 0 Å². The summed E-state index contributed by atoms with van der Waals surface area (Å²) in [5.41, 5.74) is 4.54. The Morgan fingerprint density at radius 2 is 1.96 bits per heavy atom. The number of ether oxygens (including phenoxy) is 1. The van der Waals surface area contributed by atoms with E-state index >= 15 is 0 Å². The molecule has 3 rings (SSSR count). The molecule has 24 heavy (non-hydrogen) atoms. The monoisotopic (exact) mass is 327 g/mol. The summed E-state index contributed by atoms with van der Waals surface area (Å²) < 4.78 is 5.68. The third-order valence-corrected chi connectivity index (χ3v) is 4.52. The second kappa shape index (κ2) is 7.13. The molecule has 0 spiro atoms. The maximum absolute atomic E-state index is 10.9. The number of carbonyl (C=O) groups excluding carboxylic acids is 1. The highest BCUT2D eigenvalue weighted by atomic mass is 16.5. The number of rotatable bonds is 5. The van der Waals surface area contributed by atoms with Crippen molar-refractivity contribution in [3.63, 3.8) is 0 Å². The number of carbonyl (C=O) groups is 1. The van der Waals surface area contributed by atoms with Crippen LogP contribution < -0.4 is 10.4 Å². The van der Waals surface area contributed by atoms with Crippen molar-refractivity contribution in [2.75, 3.05) is 6.54 Å².